The normalized spacial score (nSPS) is 21.0. The summed E-state index contributed by atoms with van der Waals surface area (Å²) in [6.45, 7) is 4.70. The summed E-state index contributed by atoms with van der Waals surface area (Å²) in [5.74, 6) is 1.38. The number of ether oxygens (including phenoxy) is 1. The molecule has 7 nitrogen and oxygen atoms in total. The second-order valence-corrected chi connectivity index (χ2v) is 5.90. The second kappa shape index (κ2) is 5.66. The molecule has 2 fully saturated rings. The number of aryl methyl sites for hydroxylation is 1. The number of hydrogen-bond donors (Lipinski definition) is 1. The number of carbonyl (C=O) groups is 1. The number of amides is 2. The average Bonchev–Trinajstić information content (AvgIpc) is 3.28. The Bertz CT molecular complexity index is 737. The van der Waals surface area contributed by atoms with E-state index in [1.165, 1.54) is 0 Å². The molecule has 2 aromatic rings. The monoisotopic (exact) mass is 314 g/mol. The van der Waals surface area contributed by atoms with Crippen LogP contribution in [0.3, 0.4) is 0 Å². The molecule has 0 unspecified atom stereocenters. The highest BCUT2D eigenvalue weighted by Gasteiger charge is 2.25. The summed E-state index contributed by atoms with van der Waals surface area (Å²) in [6.07, 6.45) is 0.923. The first-order chi connectivity index (χ1) is 11.2. The summed E-state index contributed by atoms with van der Waals surface area (Å²) < 4.78 is 10.8. The first-order valence-corrected chi connectivity index (χ1v) is 7.80. The van der Waals surface area contributed by atoms with Crippen molar-refractivity contribution < 1.29 is 14.1 Å². The molecule has 3 heterocycles. The van der Waals surface area contributed by atoms with Crippen molar-refractivity contribution >= 4 is 11.7 Å². The standard InChI is InChI=1S/C16H18N4O3/c1-10-2-3-11(8-13(10)20-6-5-17-16(20)21)15-18-14(19-23-15)12-4-7-22-9-12/h2-3,8,12H,4-7,9H2,1H3,(H,17,21)/t12-/m1/s1. The van der Waals surface area contributed by atoms with E-state index < -0.39 is 0 Å². The van der Waals surface area contributed by atoms with Gasteiger partial charge in [0.15, 0.2) is 5.82 Å². The number of hydrogen-bond acceptors (Lipinski definition) is 5. The van der Waals surface area contributed by atoms with Crippen molar-refractivity contribution in [3.05, 3.63) is 29.6 Å². The van der Waals surface area contributed by atoms with Crippen LogP contribution in [-0.2, 0) is 4.74 Å². The third kappa shape index (κ3) is 2.57. The topological polar surface area (TPSA) is 80.5 Å². The van der Waals surface area contributed by atoms with Gasteiger partial charge in [-0.3, -0.25) is 4.90 Å². The summed E-state index contributed by atoms with van der Waals surface area (Å²) in [5.41, 5.74) is 2.74. The van der Waals surface area contributed by atoms with Crippen molar-refractivity contribution in [2.45, 2.75) is 19.3 Å². The van der Waals surface area contributed by atoms with Crippen molar-refractivity contribution in [1.82, 2.24) is 15.5 Å². The van der Waals surface area contributed by atoms with Crippen LogP contribution in [0.4, 0.5) is 10.5 Å². The van der Waals surface area contributed by atoms with Gasteiger partial charge in [0, 0.05) is 36.9 Å². The van der Waals surface area contributed by atoms with Gasteiger partial charge < -0.3 is 14.6 Å². The Balaban J connectivity index is 1.65. The molecule has 0 aliphatic carbocycles. The molecule has 120 valence electrons. The fourth-order valence-electron chi connectivity index (χ4n) is 2.99. The maximum Gasteiger partial charge on any atom is 0.322 e. The van der Waals surface area contributed by atoms with E-state index in [9.17, 15) is 4.79 Å². The van der Waals surface area contributed by atoms with Crippen LogP contribution in [0.1, 0.15) is 23.7 Å². The summed E-state index contributed by atoms with van der Waals surface area (Å²) >= 11 is 0. The zero-order valence-corrected chi connectivity index (χ0v) is 12.9. The van der Waals surface area contributed by atoms with Crippen molar-refractivity contribution in [3.63, 3.8) is 0 Å². The molecule has 0 spiro atoms. The highest BCUT2D eigenvalue weighted by molar-refractivity contribution is 5.95. The number of rotatable bonds is 3. The first kappa shape index (κ1) is 14.2. The molecule has 1 aromatic heterocycles. The zero-order valence-electron chi connectivity index (χ0n) is 12.9. The van der Waals surface area contributed by atoms with Gasteiger partial charge in [-0.05, 0) is 31.0 Å². The van der Waals surface area contributed by atoms with Gasteiger partial charge in [0.2, 0.25) is 0 Å². The minimum absolute atomic E-state index is 0.0698. The number of urea groups is 1. The lowest BCUT2D eigenvalue weighted by Gasteiger charge is -2.17. The predicted octanol–water partition coefficient (Wildman–Crippen LogP) is 2.08. The van der Waals surface area contributed by atoms with Crippen LogP contribution in [0, 0.1) is 6.92 Å². The smallest absolute Gasteiger partial charge is 0.322 e. The molecule has 2 saturated heterocycles. The van der Waals surface area contributed by atoms with E-state index in [0.29, 0.717) is 31.4 Å². The van der Waals surface area contributed by atoms with Crippen LogP contribution in [0.25, 0.3) is 11.5 Å². The predicted molar refractivity (Wildman–Crippen MR) is 83.4 cm³/mol. The Morgan fingerprint density at radius 2 is 2.30 bits per heavy atom. The van der Waals surface area contributed by atoms with Gasteiger partial charge in [0.25, 0.3) is 5.89 Å². The number of nitrogens with zero attached hydrogens (tertiary/aromatic N) is 3. The molecule has 7 heteroatoms. The first-order valence-electron chi connectivity index (χ1n) is 7.80. The van der Waals surface area contributed by atoms with Crippen LogP contribution < -0.4 is 10.2 Å². The number of benzene rings is 1. The van der Waals surface area contributed by atoms with Gasteiger partial charge in [-0.2, -0.15) is 4.98 Å². The van der Waals surface area contributed by atoms with Crippen LogP contribution >= 0.6 is 0 Å². The van der Waals surface area contributed by atoms with Gasteiger partial charge >= 0.3 is 6.03 Å². The van der Waals surface area contributed by atoms with E-state index in [-0.39, 0.29) is 11.9 Å². The maximum atomic E-state index is 11.9. The van der Waals surface area contributed by atoms with E-state index in [1.807, 2.05) is 25.1 Å². The van der Waals surface area contributed by atoms with Crippen LogP contribution in [0.15, 0.2) is 22.7 Å². The minimum Gasteiger partial charge on any atom is -0.381 e. The quantitative estimate of drug-likeness (QED) is 0.938. The molecule has 2 amide bonds. The molecule has 1 atom stereocenters. The van der Waals surface area contributed by atoms with E-state index in [1.54, 1.807) is 4.90 Å². The van der Waals surface area contributed by atoms with Gasteiger partial charge in [-0.1, -0.05) is 11.2 Å². The number of nitrogens with one attached hydrogen (secondary N) is 1. The van der Waals surface area contributed by atoms with E-state index >= 15 is 0 Å². The Kier molecular flexibility index (Phi) is 3.49. The molecule has 23 heavy (non-hydrogen) atoms. The summed E-state index contributed by atoms with van der Waals surface area (Å²) in [4.78, 5) is 18.1. The molecule has 0 radical (unpaired) electrons. The Hall–Kier alpha value is -2.41. The molecule has 1 N–H and O–H groups in total. The Morgan fingerprint density at radius 3 is 3.04 bits per heavy atom. The molecular weight excluding hydrogens is 296 g/mol. The van der Waals surface area contributed by atoms with Crippen LogP contribution in [0.2, 0.25) is 0 Å². The molecular formula is C16H18N4O3. The maximum absolute atomic E-state index is 11.9. The highest BCUT2D eigenvalue weighted by Crippen LogP contribution is 2.30. The van der Waals surface area contributed by atoms with Crippen LogP contribution in [0.5, 0.6) is 0 Å². The molecule has 2 aliphatic heterocycles. The lowest BCUT2D eigenvalue weighted by Crippen LogP contribution is -2.28. The van der Waals surface area contributed by atoms with Crippen molar-refractivity contribution in [3.8, 4) is 11.5 Å². The second-order valence-electron chi connectivity index (χ2n) is 5.90. The highest BCUT2D eigenvalue weighted by atomic mass is 16.5. The van der Waals surface area contributed by atoms with Crippen molar-refractivity contribution in [2.24, 2.45) is 0 Å². The fraction of sp³-hybridized carbons (Fsp3) is 0.438. The molecule has 1 aromatic carbocycles. The molecule has 0 bridgehead atoms. The van der Waals surface area contributed by atoms with E-state index in [2.05, 4.69) is 15.5 Å². The minimum atomic E-state index is -0.0698. The number of anilines is 1. The number of aromatic nitrogens is 2. The lowest BCUT2D eigenvalue weighted by molar-refractivity contribution is 0.192. The largest absolute Gasteiger partial charge is 0.381 e. The zero-order chi connectivity index (χ0) is 15.8. The van der Waals surface area contributed by atoms with E-state index in [0.717, 1.165) is 29.8 Å². The molecule has 4 rings (SSSR count). The molecule has 0 saturated carbocycles. The third-order valence-electron chi connectivity index (χ3n) is 4.34. The Labute approximate surface area is 133 Å². The van der Waals surface area contributed by atoms with Gasteiger partial charge in [-0.25, -0.2) is 4.79 Å². The summed E-state index contributed by atoms with van der Waals surface area (Å²) in [6, 6.07) is 5.77. The summed E-state index contributed by atoms with van der Waals surface area (Å²) in [7, 11) is 0. The number of carbonyl (C=O) groups excluding carboxylic acids is 1. The van der Waals surface area contributed by atoms with Gasteiger partial charge in [0.05, 0.1) is 6.61 Å². The van der Waals surface area contributed by atoms with Crippen molar-refractivity contribution in [2.75, 3.05) is 31.2 Å². The third-order valence-corrected chi connectivity index (χ3v) is 4.34. The average molecular weight is 314 g/mol. The lowest BCUT2D eigenvalue weighted by atomic mass is 10.1. The fourth-order valence-corrected chi connectivity index (χ4v) is 2.99. The molecule has 2 aliphatic rings. The van der Waals surface area contributed by atoms with Crippen molar-refractivity contribution in [1.29, 1.82) is 0 Å². The van der Waals surface area contributed by atoms with E-state index in [4.69, 9.17) is 9.26 Å². The Morgan fingerprint density at radius 1 is 1.39 bits per heavy atom. The van der Waals surface area contributed by atoms with Gasteiger partial charge in [0.1, 0.15) is 0 Å². The van der Waals surface area contributed by atoms with Gasteiger partial charge in [-0.15, -0.1) is 0 Å². The van der Waals surface area contributed by atoms with Crippen LogP contribution in [-0.4, -0.2) is 42.5 Å². The SMILES string of the molecule is Cc1ccc(-c2nc([C@@H]3CCOC3)no2)cc1N1CCNC1=O. The summed E-state index contributed by atoms with van der Waals surface area (Å²) in [5, 5.41) is 6.90.